The molecule has 8 nitrogen and oxygen atoms in total. The molecule has 0 radical (unpaired) electrons. The molecule has 0 saturated carbocycles. The smallest absolute Gasteiger partial charge is 0.337 e. The van der Waals surface area contributed by atoms with Gasteiger partial charge >= 0.3 is 5.97 Å². The number of aromatic carboxylic acids is 1. The summed E-state index contributed by atoms with van der Waals surface area (Å²) < 4.78 is 11.8. The molecule has 0 aliphatic rings. The molecule has 3 aromatic carbocycles. The maximum Gasteiger partial charge on any atom is 0.337 e. The highest BCUT2D eigenvalue weighted by Crippen LogP contribution is 2.27. The van der Waals surface area contributed by atoms with Gasteiger partial charge in [-0.3, -0.25) is 4.79 Å². The van der Waals surface area contributed by atoms with Crippen molar-refractivity contribution in [2.45, 2.75) is 58.8 Å². The molecule has 8 heteroatoms. The lowest BCUT2D eigenvalue weighted by atomic mass is 9.86. The highest BCUT2D eigenvalue weighted by molar-refractivity contribution is 6.08. The van der Waals surface area contributed by atoms with Crippen molar-refractivity contribution < 1.29 is 28.7 Å². The molecule has 4 aromatic rings. The number of hydrogen-bond acceptors (Lipinski definition) is 6. The van der Waals surface area contributed by atoms with E-state index in [9.17, 15) is 14.7 Å². The van der Waals surface area contributed by atoms with Crippen molar-refractivity contribution in [3.63, 3.8) is 0 Å². The number of rotatable bonds is 13. The molecule has 0 bridgehead atoms. The second kappa shape index (κ2) is 13.9. The largest absolute Gasteiger partial charge is 0.493 e. The van der Waals surface area contributed by atoms with E-state index < -0.39 is 11.9 Å². The number of amides is 1. The minimum absolute atomic E-state index is 0.0234. The first-order chi connectivity index (χ1) is 20.2. The molecule has 1 aromatic heterocycles. The number of carboxylic acid groups (broad SMARTS) is 1. The van der Waals surface area contributed by atoms with Gasteiger partial charge in [0.25, 0.3) is 5.91 Å². The normalized spacial score (nSPS) is 11.6. The van der Waals surface area contributed by atoms with Gasteiger partial charge in [-0.1, -0.05) is 69.6 Å². The number of carbonyl (C=O) groups excluding carboxylic acids is 1. The number of aryl methyl sites for hydroxylation is 1. The zero-order chi connectivity index (χ0) is 30.1. The molecule has 0 aliphatic carbocycles. The molecule has 0 atom stereocenters. The lowest BCUT2D eigenvalue weighted by molar-refractivity contribution is 0.0698. The third-order valence-electron chi connectivity index (χ3n) is 6.86. The Balaban J connectivity index is 1.32. The molecule has 1 amide bonds. The highest BCUT2D eigenvalue weighted by Gasteiger charge is 2.17. The third kappa shape index (κ3) is 7.78. The van der Waals surface area contributed by atoms with E-state index in [-0.39, 0.29) is 16.7 Å². The van der Waals surface area contributed by atoms with Crippen LogP contribution in [0.4, 0.5) is 5.69 Å². The van der Waals surface area contributed by atoms with E-state index >= 15 is 0 Å². The quantitative estimate of drug-likeness (QED) is 0.0962. The van der Waals surface area contributed by atoms with E-state index in [2.05, 4.69) is 38.2 Å². The fourth-order valence-electron chi connectivity index (χ4n) is 4.46. The minimum atomic E-state index is -1.14. The predicted molar refractivity (Wildman–Crippen MR) is 165 cm³/mol. The molecule has 0 saturated heterocycles. The van der Waals surface area contributed by atoms with Crippen LogP contribution in [0.15, 0.2) is 76.3 Å². The Kier molecular flexibility index (Phi) is 10.0. The maximum atomic E-state index is 12.9. The van der Waals surface area contributed by atoms with Crippen LogP contribution in [0.2, 0.25) is 0 Å². The van der Waals surface area contributed by atoms with Crippen LogP contribution in [0.3, 0.4) is 0 Å². The van der Waals surface area contributed by atoms with E-state index in [1.54, 1.807) is 24.4 Å². The van der Waals surface area contributed by atoms with E-state index in [0.29, 0.717) is 30.9 Å². The van der Waals surface area contributed by atoms with Crippen LogP contribution in [-0.4, -0.2) is 36.4 Å². The Morgan fingerprint density at radius 2 is 1.76 bits per heavy atom. The summed E-state index contributed by atoms with van der Waals surface area (Å²) in [6.45, 7) is 9.08. The van der Waals surface area contributed by atoms with E-state index in [0.717, 1.165) is 47.1 Å². The van der Waals surface area contributed by atoms with Gasteiger partial charge in [0, 0.05) is 35.4 Å². The molecule has 42 heavy (non-hydrogen) atoms. The first-order valence-corrected chi connectivity index (χ1v) is 14.2. The number of fused-ring (bicyclic) bond motifs is 1. The highest BCUT2D eigenvalue weighted by atomic mass is 16.6. The van der Waals surface area contributed by atoms with Crippen LogP contribution in [0.1, 0.15) is 84.6 Å². The molecular formula is C34H38N2O6. The summed E-state index contributed by atoms with van der Waals surface area (Å²) in [6, 6.07) is 19.7. The second-order valence-electron chi connectivity index (χ2n) is 11.1. The Labute approximate surface area is 246 Å². The van der Waals surface area contributed by atoms with Gasteiger partial charge in [-0.25, -0.2) is 4.79 Å². The van der Waals surface area contributed by atoms with Crippen molar-refractivity contribution in [1.82, 2.24) is 0 Å². The van der Waals surface area contributed by atoms with E-state index in [1.165, 1.54) is 12.1 Å². The third-order valence-corrected chi connectivity index (χ3v) is 6.86. The van der Waals surface area contributed by atoms with Crippen LogP contribution in [0.5, 0.6) is 5.75 Å². The Morgan fingerprint density at radius 1 is 1.00 bits per heavy atom. The molecule has 0 unspecified atom stereocenters. The molecule has 0 aliphatic heterocycles. The molecular weight excluding hydrogens is 532 g/mol. The monoisotopic (exact) mass is 570 g/mol. The topological polar surface area (TPSA) is 110 Å². The standard InChI is InChI=1S/C34H38N2O6/c1-5-6-11-31-28(26-10-7-8-12-30(26)42-31)22-35-41-20-9-19-40-25-17-18-27(33(38)39)29(21-25)36-32(37)23-13-15-24(16-14-23)34(2,3)4/h7-8,10,12-18,21-22H,5-6,9,11,19-20H2,1-4H3,(H,36,37)(H,38,39)/b35-22-. The van der Waals surface area contributed by atoms with E-state index in [1.807, 2.05) is 36.4 Å². The summed E-state index contributed by atoms with van der Waals surface area (Å²) in [7, 11) is 0. The number of nitrogens with one attached hydrogen (secondary N) is 1. The Bertz CT molecular complexity index is 1550. The number of hydrogen-bond donors (Lipinski definition) is 2. The van der Waals surface area contributed by atoms with Crippen molar-refractivity contribution in [2.24, 2.45) is 5.16 Å². The fourth-order valence-corrected chi connectivity index (χ4v) is 4.46. The first kappa shape index (κ1) is 30.4. The molecule has 0 fully saturated rings. The molecule has 4 rings (SSSR count). The van der Waals surface area contributed by atoms with Crippen molar-refractivity contribution in [2.75, 3.05) is 18.5 Å². The Morgan fingerprint density at radius 3 is 2.48 bits per heavy atom. The summed E-state index contributed by atoms with van der Waals surface area (Å²) in [4.78, 5) is 30.1. The summed E-state index contributed by atoms with van der Waals surface area (Å²) in [6.07, 6.45) is 5.19. The molecule has 0 spiro atoms. The van der Waals surface area contributed by atoms with Crippen LogP contribution in [0.25, 0.3) is 11.0 Å². The van der Waals surface area contributed by atoms with Gasteiger partial charge in [-0.2, -0.15) is 0 Å². The summed E-state index contributed by atoms with van der Waals surface area (Å²) in [5.74, 6) is -0.199. The van der Waals surface area contributed by atoms with E-state index in [4.69, 9.17) is 14.0 Å². The lowest BCUT2D eigenvalue weighted by Gasteiger charge is -2.19. The Hall–Kier alpha value is -4.59. The average molecular weight is 571 g/mol. The predicted octanol–water partition coefficient (Wildman–Crippen LogP) is 7.84. The van der Waals surface area contributed by atoms with Gasteiger partial charge in [0.15, 0.2) is 0 Å². The van der Waals surface area contributed by atoms with Gasteiger partial charge in [0.05, 0.1) is 24.1 Å². The van der Waals surface area contributed by atoms with Crippen LogP contribution in [0, 0.1) is 0 Å². The van der Waals surface area contributed by atoms with Gasteiger partial charge in [0.1, 0.15) is 23.7 Å². The number of anilines is 1. The van der Waals surface area contributed by atoms with Crippen molar-refractivity contribution >= 4 is 34.7 Å². The summed E-state index contributed by atoms with van der Waals surface area (Å²) in [5, 5.41) is 17.5. The number of nitrogens with zero attached hydrogens (tertiary/aromatic N) is 1. The average Bonchev–Trinajstić information content (AvgIpc) is 3.32. The summed E-state index contributed by atoms with van der Waals surface area (Å²) >= 11 is 0. The number of unbranched alkanes of at least 4 members (excludes halogenated alkanes) is 1. The van der Waals surface area contributed by atoms with Gasteiger partial charge in [-0.15, -0.1) is 0 Å². The maximum absolute atomic E-state index is 12.9. The molecule has 2 N–H and O–H groups in total. The number of ether oxygens (including phenoxy) is 1. The van der Waals surface area contributed by atoms with Crippen LogP contribution < -0.4 is 10.1 Å². The van der Waals surface area contributed by atoms with Gasteiger partial charge < -0.3 is 24.4 Å². The number of carboxylic acids is 1. The second-order valence-corrected chi connectivity index (χ2v) is 11.1. The number of oxime groups is 1. The molecule has 220 valence electrons. The number of furan rings is 1. The van der Waals surface area contributed by atoms with Gasteiger partial charge in [0.2, 0.25) is 0 Å². The van der Waals surface area contributed by atoms with Crippen molar-refractivity contribution in [3.8, 4) is 5.75 Å². The minimum Gasteiger partial charge on any atom is -0.493 e. The van der Waals surface area contributed by atoms with Crippen LogP contribution in [-0.2, 0) is 16.7 Å². The first-order valence-electron chi connectivity index (χ1n) is 14.2. The van der Waals surface area contributed by atoms with Gasteiger partial charge in [-0.05, 0) is 47.7 Å². The van der Waals surface area contributed by atoms with Crippen LogP contribution >= 0.6 is 0 Å². The number of para-hydroxylation sites is 1. The molecule has 1 heterocycles. The zero-order valence-corrected chi connectivity index (χ0v) is 24.6. The SMILES string of the molecule is CCCCc1oc2ccccc2c1/C=N\OCCCOc1ccc(C(=O)O)c(NC(=O)c2ccc(C(C)(C)C)cc2)c1. The lowest BCUT2D eigenvalue weighted by Crippen LogP contribution is -2.16. The number of benzene rings is 3. The van der Waals surface area contributed by atoms with Crippen molar-refractivity contribution in [3.05, 3.63) is 94.7 Å². The zero-order valence-electron chi connectivity index (χ0n) is 24.6. The fraction of sp³-hybridized carbons (Fsp3) is 0.324. The van der Waals surface area contributed by atoms with Crippen molar-refractivity contribution in [1.29, 1.82) is 0 Å². The summed E-state index contributed by atoms with van der Waals surface area (Å²) in [5.41, 5.74) is 3.41. The number of carbonyl (C=O) groups is 2.